The summed E-state index contributed by atoms with van der Waals surface area (Å²) in [7, 11) is 0. The lowest BCUT2D eigenvalue weighted by Crippen LogP contribution is -2.26. The van der Waals surface area contributed by atoms with Crippen LogP contribution in [0.2, 0.25) is 0 Å². The highest BCUT2D eigenvalue weighted by molar-refractivity contribution is 5.85. The van der Waals surface area contributed by atoms with E-state index in [4.69, 9.17) is 10.5 Å². The Balaban J connectivity index is 0.00000256. The monoisotopic (exact) mass is 257 g/mol. The van der Waals surface area contributed by atoms with E-state index in [-0.39, 0.29) is 30.0 Å². The van der Waals surface area contributed by atoms with Crippen molar-refractivity contribution in [3.05, 3.63) is 29.8 Å². The van der Waals surface area contributed by atoms with E-state index in [1.165, 1.54) is 0 Å². The fourth-order valence-corrected chi connectivity index (χ4v) is 1.53. The normalized spacial score (nSPS) is 13.1. The molecule has 0 aliphatic heterocycles. The molecule has 0 aliphatic rings. The van der Waals surface area contributed by atoms with E-state index in [2.05, 4.69) is 20.8 Å². The molecule has 0 unspecified atom stereocenters. The lowest BCUT2D eigenvalue weighted by atomic mass is 9.83. The zero-order chi connectivity index (χ0) is 12.3. The Morgan fingerprint density at radius 3 is 1.88 bits per heavy atom. The molecule has 0 aromatic heterocycles. The fraction of sp³-hybridized carbons (Fsp3) is 0.571. The number of nitrogens with two attached hydrogens (primary N) is 1. The standard InChI is InChI=1S/C14H23NO.ClH/c1-10(2)16-12-8-6-11(7-9-12)13(15)14(3,4)5;/h6-10,13H,15H2,1-5H3;1H/t13-;/m1./s1. The SMILES string of the molecule is CC(C)Oc1ccc([C@@H](N)C(C)(C)C)cc1.Cl. The van der Waals surface area contributed by atoms with Crippen LogP contribution in [0.5, 0.6) is 5.75 Å². The number of hydrogen-bond acceptors (Lipinski definition) is 2. The molecule has 0 saturated heterocycles. The van der Waals surface area contributed by atoms with E-state index in [9.17, 15) is 0 Å². The van der Waals surface area contributed by atoms with Gasteiger partial charge >= 0.3 is 0 Å². The zero-order valence-corrected chi connectivity index (χ0v) is 12.2. The van der Waals surface area contributed by atoms with Crippen LogP contribution in [0, 0.1) is 5.41 Å². The topological polar surface area (TPSA) is 35.2 Å². The minimum atomic E-state index is 0. The van der Waals surface area contributed by atoms with Crippen molar-refractivity contribution < 1.29 is 4.74 Å². The third kappa shape index (κ3) is 4.97. The average Bonchev–Trinajstić information content (AvgIpc) is 2.15. The van der Waals surface area contributed by atoms with Gasteiger partial charge < -0.3 is 10.5 Å². The first-order chi connectivity index (χ1) is 7.30. The van der Waals surface area contributed by atoms with E-state index < -0.39 is 0 Å². The number of halogens is 1. The highest BCUT2D eigenvalue weighted by Gasteiger charge is 2.21. The van der Waals surface area contributed by atoms with Gasteiger partial charge in [0.15, 0.2) is 0 Å². The molecule has 0 fully saturated rings. The molecular weight excluding hydrogens is 234 g/mol. The van der Waals surface area contributed by atoms with Gasteiger partial charge in [0.1, 0.15) is 5.75 Å². The van der Waals surface area contributed by atoms with Crippen LogP contribution in [-0.2, 0) is 0 Å². The third-order valence-corrected chi connectivity index (χ3v) is 2.54. The van der Waals surface area contributed by atoms with Gasteiger partial charge in [-0.05, 0) is 37.0 Å². The Morgan fingerprint density at radius 1 is 1.06 bits per heavy atom. The second-order valence-corrected chi connectivity index (χ2v) is 5.58. The highest BCUT2D eigenvalue weighted by Crippen LogP contribution is 2.31. The van der Waals surface area contributed by atoms with Crippen LogP contribution in [0.4, 0.5) is 0 Å². The molecule has 0 bridgehead atoms. The molecule has 0 aliphatic carbocycles. The predicted molar refractivity (Wildman–Crippen MR) is 75.8 cm³/mol. The molecule has 0 radical (unpaired) electrons. The quantitative estimate of drug-likeness (QED) is 0.890. The molecule has 2 nitrogen and oxygen atoms in total. The van der Waals surface area contributed by atoms with Gasteiger partial charge in [-0.1, -0.05) is 32.9 Å². The van der Waals surface area contributed by atoms with Gasteiger partial charge in [-0.25, -0.2) is 0 Å². The third-order valence-electron chi connectivity index (χ3n) is 2.54. The summed E-state index contributed by atoms with van der Waals surface area (Å²) in [6, 6.07) is 8.13. The molecule has 0 heterocycles. The lowest BCUT2D eigenvalue weighted by molar-refractivity contribution is 0.242. The van der Waals surface area contributed by atoms with E-state index in [0.29, 0.717) is 0 Å². The largest absolute Gasteiger partial charge is 0.491 e. The van der Waals surface area contributed by atoms with E-state index in [1.807, 2.05) is 38.1 Å². The summed E-state index contributed by atoms with van der Waals surface area (Å²) in [6.45, 7) is 10.5. The molecule has 3 heteroatoms. The highest BCUT2D eigenvalue weighted by atomic mass is 35.5. The molecule has 2 N–H and O–H groups in total. The zero-order valence-electron chi connectivity index (χ0n) is 11.4. The minimum Gasteiger partial charge on any atom is -0.491 e. The molecule has 1 aromatic rings. The summed E-state index contributed by atoms with van der Waals surface area (Å²) in [6.07, 6.45) is 0.210. The summed E-state index contributed by atoms with van der Waals surface area (Å²) in [5.41, 5.74) is 7.42. The maximum atomic E-state index is 6.18. The Kier molecular flexibility index (Phi) is 6.00. The predicted octanol–water partition coefficient (Wildman–Crippen LogP) is 3.94. The number of benzene rings is 1. The molecular formula is C14H24ClNO. The summed E-state index contributed by atoms with van der Waals surface area (Å²) in [4.78, 5) is 0. The van der Waals surface area contributed by atoms with Gasteiger partial charge in [0.2, 0.25) is 0 Å². The van der Waals surface area contributed by atoms with E-state index in [1.54, 1.807) is 0 Å². The van der Waals surface area contributed by atoms with Gasteiger partial charge in [0.05, 0.1) is 6.10 Å². The van der Waals surface area contributed by atoms with Gasteiger partial charge in [-0.2, -0.15) is 0 Å². The molecule has 0 saturated carbocycles. The van der Waals surface area contributed by atoms with Gasteiger partial charge in [-0.15, -0.1) is 12.4 Å². The first-order valence-corrected chi connectivity index (χ1v) is 5.83. The summed E-state index contributed by atoms with van der Waals surface area (Å²) in [5.74, 6) is 0.903. The Labute approximate surface area is 111 Å². The summed E-state index contributed by atoms with van der Waals surface area (Å²) in [5, 5.41) is 0. The minimum absolute atomic E-state index is 0. The smallest absolute Gasteiger partial charge is 0.119 e. The Bertz CT molecular complexity index is 327. The lowest BCUT2D eigenvalue weighted by Gasteiger charge is -2.27. The Morgan fingerprint density at radius 2 is 1.53 bits per heavy atom. The first kappa shape index (κ1) is 16.3. The maximum Gasteiger partial charge on any atom is 0.119 e. The maximum absolute atomic E-state index is 6.18. The molecule has 0 amide bonds. The second kappa shape index (κ2) is 6.27. The average molecular weight is 258 g/mol. The molecule has 1 aromatic carbocycles. The molecule has 98 valence electrons. The second-order valence-electron chi connectivity index (χ2n) is 5.58. The van der Waals surface area contributed by atoms with Crippen molar-refractivity contribution in [2.45, 2.75) is 46.8 Å². The van der Waals surface area contributed by atoms with Crippen LogP contribution in [0.25, 0.3) is 0 Å². The molecule has 1 rings (SSSR count). The van der Waals surface area contributed by atoms with Gasteiger partial charge in [-0.3, -0.25) is 0 Å². The molecule has 0 spiro atoms. The van der Waals surface area contributed by atoms with Crippen LogP contribution < -0.4 is 10.5 Å². The Hall–Kier alpha value is -0.730. The molecule has 1 atom stereocenters. The van der Waals surface area contributed by atoms with Crippen LogP contribution in [0.3, 0.4) is 0 Å². The van der Waals surface area contributed by atoms with E-state index >= 15 is 0 Å². The number of rotatable bonds is 3. The first-order valence-electron chi connectivity index (χ1n) is 5.83. The van der Waals surface area contributed by atoms with Crippen molar-refractivity contribution in [3.63, 3.8) is 0 Å². The van der Waals surface area contributed by atoms with Crippen molar-refractivity contribution in [2.75, 3.05) is 0 Å². The van der Waals surface area contributed by atoms with Crippen molar-refractivity contribution in [1.29, 1.82) is 0 Å². The summed E-state index contributed by atoms with van der Waals surface area (Å²) < 4.78 is 5.59. The van der Waals surface area contributed by atoms with Crippen molar-refractivity contribution in [3.8, 4) is 5.75 Å². The van der Waals surface area contributed by atoms with Crippen LogP contribution >= 0.6 is 12.4 Å². The van der Waals surface area contributed by atoms with Crippen LogP contribution in [0.1, 0.15) is 46.2 Å². The van der Waals surface area contributed by atoms with Crippen molar-refractivity contribution >= 4 is 12.4 Å². The number of hydrogen-bond donors (Lipinski definition) is 1. The van der Waals surface area contributed by atoms with Crippen LogP contribution in [0.15, 0.2) is 24.3 Å². The van der Waals surface area contributed by atoms with Crippen LogP contribution in [-0.4, -0.2) is 6.10 Å². The fourth-order valence-electron chi connectivity index (χ4n) is 1.53. The molecule has 17 heavy (non-hydrogen) atoms. The van der Waals surface area contributed by atoms with Crippen molar-refractivity contribution in [1.82, 2.24) is 0 Å². The van der Waals surface area contributed by atoms with Gasteiger partial charge in [0, 0.05) is 6.04 Å². The van der Waals surface area contributed by atoms with E-state index in [0.717, 1.165) is 11.3 Å². The number of ether oxygens (including phenoxy) is 1. The summed E-state index contributed by atoms with van der Waals surface area (Å²) >= 11 is 0. The van der Waals surface area contributed by atoms with Gasteiger partial charge in [0.25, 0.3) is 0 Å². The van der Waals surface area contributed by atoms with Crippen molar-refractivity contribution in [2.24, 2.45) is 11.1 Å².